The lowest BCUT2D eigenvalue weighted by Gasteiger charge is -2.24. The van der Waals surface area contributed by atoms with Gasteiger partial charge in [-0.1, -0.05) is 0 Å². The molecule has 0 aromatic carbocycles. The maximum atomic E-state index is 11.7. The maximum absolute atomic E-state index is 11.7. The first-order chi connectivity index (χ1) is 7.15. The van der Waals surface area contributed by atoms with E-state index in [9.17, 15) is 4.79 Å². The molecular formula is C11H15N2O2+. The molecule has 0 unspecified atom stereocenters. The van der Waals surface area contributed by atoms with Crippen molar-refractivity contribution in [2.45, 2.75) is 13.8 Å². The zero-order chi connectivity index (χ0) is 11.0. The highest BCUT2D eigenvalue weighted by atomic mass is 16.5. The monoisotopic (exact) mass is 207 g/mol. The van der Waals surface area contributed by atoms with E-state index in [2.05, 4.69) is 0 Å². The largest absolute Gasteiger partial charge is 0.421 e. The van der Waals surface area contributed by atoms with Gasteiger partial charge in [0.25, 0.3) is 5.82 Å². The molecule has 0 spiro atoms. The molecule has 80 valence electrons. The third kappa shape index (κ3) is 1.46. The first kappa shape index (κ1) is 9.96. The first-order valence-corrected chi connectivity index (χ1v) is 5.06. The summed E-state index contributed by atoms with van der Waals surface area (Å²) in [5.41, 5.74) is 1.65. The lowest BCUT2D eigenvalue weighted by atomic mass is 10.1. The highest BCUT2D eigenvalue weighted by molar-refractivity contribution is 5.96. The molecule has 4 nitrogen and oxygen atoms in total. The van der Waals surface area contributed by atoms with E-state index in [1.807, 2.05) is 42.6 Å². The van der Waals surface area contributed by atoms with E-state index in [-0.39, 0.29) is 5.97 Å². The number of ether oxygens (including phenoxy) is 1. The number of cyclic esters (lactones) is 1. The molecule has 0 fully saturated rings. The number of aryl methyl sites for hydroxylation is 2. The van der Waals surface area contributed by atoms with Crippen LogP contribution in [0.3, 0.4) is 0 Å². The van der Waals surface area contributed by atoms with Crippen molar-refractivity contribution in [3.05, 3.63) is 23.4 Å². The van der Waals surface area contributed by atoms with Gasteiger partial charge >= 0.3 is 5.97 Å². The molecule has 0 radical (unpaired) electrons. The summed E-state index contributed by atoms with van der Waals surface area (Å²) < 4.78 is 7.08. The van der Waals surface area contributed by atoms with Crippen LogP contribution in [-0.2, 0) is 11.8 Å². The Morgan fingerprint density at radius 2 is 2.33 bits per heavy atom. The van der Waals surface area contributed by atoms with Gasteiger partial charge in [-0.25, -0.2) is 14.3 Å². The second kappa shape index (κ2) is 3.53. The Morgan fingerprint density at radius 1 is 1.60 bits per heavy atom. The minimum absolute atomic E-state index is 0.219. The van der Waals surface area contributed by atoms with Gasteiger partial charge in [0.1, 0.15) is 0 Å². The molecule has 0 aliphatic carbocycles. The third-order valence-corrected chi connectivity index (χ3v) is 2.74. The van der Waals surface area contributed by atoms with E-state index < -0.39 is 0 Å². The van der Waals surface area contributed by atoms with Crippen molar-refractivity contribution in [3.63, 3.8) is 0 Å². The van der Waals surface area contributed by atoms with Crippen molar-refractivity contribution in [3.8, 4) is 0 Å². The molecule has 1 aliphatic heterocycles. The van der Waals surface area contributed by atoms with Gasteiger partial charge in [-0.05, 0) is 25.5 Å². The van der Waals surface area contributed by atoms with Crippen molar-refractivity contribution in [2.75, 3.05) is 18.2 Å². The van der Waals surface area contributed by atoms with Gasteiger partial charge in [0, 0.05) is 0 Å². The van der Waals surface area contributed by atoms with Gasteiger partial charge in [0.15, 0.2) is 5.56 Å². The van der Waals surface area contributed by atoms with Crippen LogP contribution in [0.4, 0.5) is 5.82 Å². The summed E-state index contributed by atoms with van der Waals surface area (Å²) in [6.07, 6.45) is 1.97. The smallest absolute Gasteiger partial charge is 0.350 e. The number of pyridine rings is 1. The van der Waals surface area contributed by atoms with Crippen LogP contribution in [-0.4, -0.2) is 19.2 Å². The van der Waals surface area contributed by atoms with Crippen LogP contribution in [0.5, 0.6) is 0 Å². The van der Waals surface area contributed by atoms with E-state index >= 15 is 0 Å². The van der Waals surface area contributed by atoms with E-state index in [0.717, 1.165) is 17.9 Å². The van der Waals surface area contributed by atoms with Gasteiger partial charge in [0.05, 0.1) is 19.8 Å². The van der Waals surface area contributed by atoms with Crippen LogP contribution >= 0.6 is 0 Å². The first-order valence-electron chi connectivity index (χ1n) is 5.06. The number of carbonyl (C=O) groups is 1. The molecule has 0 saturated carbocycles. The number of carbonyl (C=O) groups excluding carboxylic acids is 1. The van der Waals surface area contributed by atoms with Crippen LogP contribution in [0.2, 0.25) is 0 Å². The molecule has 2 rings (SSSR count). The summed E-state index contributed by atoms with van der Waals surface area (Å²) in [6, 6.07) is 1.93. The molecule has 2 heterocycles. The number of esters is 1. The Bertz CT molecular complexity index is 415. The highest BCUT2D eigenvalue weighted by Crippen LogP contribution is 2.24. The molecule has 1 aliphatic rings. The number of nitrogens with zero attached hydrogens (tertiary/aromatic N) is 2. The Labute approximate surface area is 89.1 Å². The fourth-order valence-electron chi connectivity index (χ4n) is 1.87. The van der Waals surface area contributed by atoms with Crippen molar-refractivity contribution in [1.82, 2.24) is 0 Å². The molecule has 0 N–H and O–H groups in total. The molecule has 0 amide bonds. The molecule has 1 aromatic heterocycles. The lowest BCUT2D eigenvalue weighted by molar-refractivity contribution is -0.659. The van der Waals surface area contributed by atoms with Gasteiger partial charge in [-0.2, -0.15) is 0 Å². The lowest BCUT2D eigenvalue weighted by Crippen LogP contribution is -2.45. The number of hydrogen-bond donors (Lipinski definition) is 0. The molecule has 0 saturated heterocycles. The van der Waals surface area contributed by atoms with Gasteiger partial charge in [-0.15, -0.1) is 0 Å². The number of anilines is 1. The van der Waals surface area contributed by atoms with Crippen LogP contribution in [0.1, 0.15) is 22.8 Å². The summed E-state index contributed by atoms with van der Waals surface area (Å²) in [6.45, 7) is 5.15. The van der Waals surface area contributed by atoms with E-state index in [4.69, 9.17) is 4.74 Å². The van der Waals surface area contributed by atoms with Crippen LogP contribution in [0, 0.1) is 6.92 Å². The number of aromatic nitrogens is 1. The number of hydrogen-bond acceptors (Lipinski definition) is 3. The SMILES string of the molecule is CCN1COC(=O)c2c(C)cc[n+](C)c21. The topological polar surface area (TPSA) is 33.4 Å². The number of fused-ring (bicyclic) bond motifs is 1. The molecule has 0 atom stereocenters. The van der Waals surface area contributed by atoms with Crippen LogP contribution in [0.25, 0.3) is 0 Å². The normalized spacial score (nSPS) is 14.9. The fraction of sp³-hybridized carbons (Fsp3) is 0.455. The van der Waals surface area contributed by atoms with E-state index in [0.29, 0.717) is 12.3 Å². The second-order valence-electron chi connectivity index (χ2n) is 3.73. The third-order valence-electron chi connectivity index (χ3n) is 2.74. The zero-order valence-electron chi connectivity index (χ0n) is 9.28. The summed E-state index contributed by atoms with van der Waals surface area (Å²) >= 11 is 0. The van der Waals surface area contributed by atoms with Crippen molar-refractivity contribution in [2.24, 2.45) is 7.05 Å². The van der Waals surface area contributed by atoms with Crippen molar-refractivity contribution >= 4 is 11.8 Å². The average molecular weight is 207 g/mol. The minimum Gasteiger partial charge on any atom is -0.421 e. The molecule has 4 heteroatoms. The standard InChI is InChI=1S/C11H15N2O2/c1-4-13-7-15-11(14)9-8(2)5-6-12(3)10(9)13/h5-6H,4,7H2,1-3H3/q+1. The summed E-state index contributed by atoms with van der Waals surface area (Å²) in [7, 11) is 1.94. The van der Waals surface area contributed by atoms with Crippen molar-refractivity contribution in [1.29, 1.82) is 0 Å². The predicted molar refractivity (Wildman–Crippen MR) is 55.7 cm³/mol. The fourth-order valence-corrected chi connectivity index (χ4v) is 1.87. The van der Waals surface area contributed by atoms with Crippen LogP contribution < -0.4 is 9.47 Å². The quantitative estimate of drug-likeness (QED) is 0.504. The highest BCUT2D eigenvalue weighted by Gasteiger charge is 2.33. The Morgan fingerprint density at radius 3 is 3.00 bits per heavy atom. The molecule has 1 aromatic rings. The van der Waals surface area contributed by atoms with Crippen LogP contribution in [0.15, 0.2) is 12.3 Å². The maximum Gasteiger partial charge on any atom is 0.350 e. The summed E-state index contributed by atoms with van der Waals surface area (Å²) in [5, 5.41) is 0. The summed E-state index contributed by atoms with van der Waals surface area (Å²) in [4.78, 5) is 13.7. The predicted octanol–water partition coefficient (Wildman–Crippen LogP) is 0.774. The average Bonchev–Trinajstić information content (AvgIpc) is 2.23. The Balaban J connectivity index is 2.65. The van der Waals surface area contributed by atoms with Gasteiger partial charge in [-0.3, -0.25) is 0 Å². The minimum atomic E-state index is -0.219. The van der Waals surface area contributed by atoms with E-state index in [1.54, 1.807) is 0 Å². The number of rotatable bonds is 1. The molecule has 15 heavy (non-hydrogen) atoms. The zero-order valence-corrected chi connectivity index (χ0v) is 9.28. The molecule has 0 bridgehead atoms. The van der Waals surface area contributed by atoms with Gasteiger partial charge < -0.3 is 4.74 Å². The Kier molecular flexibility index (Phi) is 2.34. The van der Waals surface area contributed by atoms with Crippen molar-refractivity contribution < 1.29 is 14.1 Å². The second-order valence-corrected chi connectivity index (χ2v) is 3.73. The van der Waals surface area contributed by atoms with Gasteiger partial charge in [0.2, 0.25) is 6.73 Å². The molecular weight excluding hydrogens is 192 g/mol. The summed E-state index contributed by atoms with van der Waals surface area (Å²) in [5.74, 6) is 0.733. The Hall–Kier alpha value is -1.58. The van der Waals surface area contributed by atoms with E-state index in [1.165, 1.54) is 0 Å².